The van der Waals surface area contributed by atoms with E-state index in [9.17, 15) is 18.2 Å². The number of ether oxygens (including phenoxy) is 1. The predicted molar refractivity (Wildman–Crippen MR) is 114 cm³/mol. The molecular formula is C22H37NO5S. The first-order valence-electron chi connectivity index (χ1n) is 10.7. The lowest BCUT2D eigenvalue weighted by atomic mass is 9.67. The number of hydroxylamine groups is 2. The van der Waals surface area contributed by atoms with E-state index in [1.54, 1.807) is 12.0 Å². The highest BCUT2D eigenvalue weighted by molar-refractivity contribution is 7.86. The molecule has 1 aromatic carbocycles. The average Bonchev–Trinajstić information content (AvgIpc) is 2.68. The Labute approximate surface area is 176 Å². The first-order valence-corrected chi connectivity index (χ1v) is 12.1. The average molecular weight is 428 g/mol. The van der Waals surface area contributed by atoms with Crippen molar-refractivity contribution in [2.75, 3.05) is 7.11 Å². The normalized spacial score (nSPS) is 20.0. The van der Waals surface area contributed by atoms with Gasteiger partial charge in [-0.1, -0.05) is 33.8 Å². The third kappa shape index (κ3) is 4.48. The molecular weight excluding hydrogens is 390 g/mol. The number of methoxy groups -OCH3 is 1. The van der Waals surface area contributed by atoms with Gasteiger partial charge in [-0.05, 0) is 75.0 Å². The van der Waals surface area contributed by atoms with E-state index in [1.807, 2.05) is 6.07 Å². The van der Waals surface area contributed by atoms with E-state index in [2.05, 4.69) is 27.7 Å². The van der Waals surface area contributed by atoms with Crippen LogP contribution in [-0.4, -0.2) is 41.4 Å². The van der Waals surface area contributed by atoms with E-state index >= 15 is 0 Å². The summed E-state index contributed by atoms with van der Waals surface area (Å²) in [5.41, 5.74) is 1.01. The van der Waals surface area contributed by atoms with Crippen LogP contribution in [0.3, 0.4) is 0 Å². The van der Waals surface area contributed by atoms with Crippen LogP contribution in [0.5, 0.6) is 5.75 Å². The Morgan fingerprint density at radius 3 is 1.93 bits per heavy atom. The third-order valence-electron chi connectivity index (χ3n) is 7.18. The molecule has 166 valence electrons. The monoisotopic (exact) mass is 427 g/mol. The fourth-order valence-electron chi connectivity index (χ4n) is 5.36. The van der Waals surface area contributed by atoms with Crippen molar-refractivity contribution >= 4 is 10.1 Å². The molecule has 2 N–H and O–H groups in total. The highest BCUT2D eigenvalue weighted by Gasteiger charge is 2.51. The van der Waals surface area contributed by atoms with Crippen LogP contribution in [0, 0.1) is 12.8 Å². The molecule has 0 aromatic heterocycles. The third-order valence-corrected chi connectivity index (χ3v) is 8.03. The molecule has 7 heteroatoms. The smallest absolute Gasteiger partial charge is 0.298 e. The van der Waals surface area contributed by atoms with Crippen molar-refractivity contribution in [3.8, 4) is 5.75 Å². The number of hydrogen-bond acceptors (Lipinski definition) is 5. The first kappa shape index (κ1) is 24.1. The quantitative estimate of drug-likeness (QED) is 0.567. The van der Waals surface area contributed by atoms with Crippen LogP contribution in [0.1, 0.15) is 77.3 Å². The van der Waals surface area contributed by atoms with Crippen molar-refractivity contribution in [2.45, 2.75) is 95.5 Å². The molecule has 6 nitrogen and oxygen atoms in total. The number of nitrogens with zero attached hydrogens (tertiary/aromatic N) is 1. The van der Waals surface area contributed by atoms with E-state index in [4.69, 9.17) is 4.74 Å². The van der Waals surface area contributed by atoms with Crippen molar-refractivity contribution in [2.24, 2.45) is 5.92 Å². The van der Waals surface area contributed by atoms with Crippen LogP contribution in [-0.2, 0) is 16.5 Å². The van der Waals surface area contributed by atoms with Crippen molar-refractivity contribution in [1.29, 1.82) is 0 Å². The molecule has 0 amide bonds. The van der Waals surface area contributed by atoms with Crippen molar-refractivity contribution in [3.05, 3.63) is 23.3 Å². The maximum atomic E-state index is 11.9. The standard InChI is InChI=1S/C22H37NO5S/c1-7-21(8-2)14-18(15-22(9-3,10-4)23(21)24)12-17-11-16(5)20(28-6)19(13-17)29(25,26)27/h11,13,18,24H,7-10,12,14-15H2,1-6H3,(H,25,26,27). The Hall–Kier alpha value is -1.15. The van der Waals surface area contributed by atoms with Crippen LogP contribution in [0.4, 0.5) is 0 Å². The summed E-state index contributed by atoms with van der Waals surface area (Å²) in [6.45, 7) is 10.3. The van der Waals surface area contributed by atoms with Crippen LogP contribution in [0.15, 0.2) is 17.0 Å². The fourth-order valence-corrected chi connectivity index (χ4v) is 6.14. The molecule has 1 saturated heterocycles. The second kappa shape index (κ2) is 8.92. The van der Waals surface area contributed by atoms with E-state index in [0.29, 0.717) is 17.9 Å². The minimum Gasteiger partial charge on any atom is -0.495 e. The Morgan fingerprint density at radius 2 is 1.55 bits per heavy atom. The summed E-state index contributed by atoms with van der Waals surface area (Å²) in [6.07, 6.45) is 5.83. The second-order valence-electron chi connectivity index (χ2n) is 8.57. The van der Waals surface area contributed by atoms with Crippen molar-refractivity contribution in [3.63, 3.8) is 0 Å². The fraction of sp³-hybridized carbons (Fsp3) is 0.727. The summed E-state index contributed by atoms with van der Waals surface area (Å²) < 4.78 is 38.6. The lowest BCUT2D eigenvalue weighted by Crippen LogP contribution is -2.63. The maximum absolute atomic E-state index is 11.9. The van der Waals surface area contributed by atoms with Gasteiger partial charge in [-0.15, -0.1) is 0 Å². The highest BCUT2D eigenvalue weighted by atomic mass is 32.2. The summed E-state index contributed by atoms with van der Waals surface area (Å²) in [4.78, 5) is -0.177. The molecule has 1 aliphatic heterocycles. The molecule has 1 aromatic rings. The molecule has 0 radical (unpaired) electrons. The lowest BCUT2D eigenvalue weighted by Gasteiger charge is -2.56. The zero-order valence-electron chi connectivity index (χ0n) is 18.7. The minimum atomic E-state index is -4.38. The summed E-state index contributed by atoms with van der Waals surface area (Å²) >= 11 is 0. The van der Waals surface area contributed by atoms with Crippen molar-refractivity contribution in [1.82, 2.24) is 5.06 Å². The summed E-state index contributed by atoms with van der Waals surface area (Å²) in [5.74, 6) is 0.495. The van der Waals surface area contributed by atoms with Gasteiger partial charge >= 0.3 is 0 Å². The Kier molecular flexibility index (Phi) is 7.42. The van der Waals surface area contributed by atoms with E-state index in [1.165, 1.54) is 13.2 Å². The molecule has 0 saturated carbocycles. The van der Waals surface area contributed by atoms with E-state index < -0.39 is 10.1 Å². The van der Waals surface area contributed by atoms with E-state index in [-0.39, 0.29) is 21.7 Å². The molecule has 2 rings (SSSR count). The number of hydrogen-bond donors (Lipinski definition) is 2. The molecule has 1 fully saturated rings. The Morgan fingerprint density at radius 1 is 1.07 bits per heavy atom. The van der Waals surface area contributed by atoms with Gasteiger partial charge in [0.05, 0.1) is 7.11 Å². The SMILES string of the molecule is CCC1(CC)CC(Cc2cc(C)c(OC)c(S(=O)(=O)O)c2)CC(CC)(CC)N1O. The molecule has 29 heavy (non-hydrogen) atoms. The molecule has 0 spiro atoms. The van der Waals surface area contributed by atoms with E-state index in [0.717, 1.165) is 44.1 Å². The molecule has 1 heterocycles. The van der Waals surface area contributed by atoms with Crippen LogP contribution < -0.4 is 4.74 Å². The summed E-state index contributed by atoms with van der Waals surface area (Å²) in [6, 6.07) is 3.48. The topological polar surface area (TPSA) is 87.1 Å². The molecule has 1 aliphatic rings. The van der Waals surface area contributed by atoms with Crippen molar-refractivity contribution < 1.29 is 22.9 Å². The highest BCUT2D eigenvalue weighted by Crippen LogP contribution is 2.48. The summed E-state index contributed by atoms with van der Waals surface area (Å²) in [7, 11) is -2.97. The van der Waals surface area contributed by atoms with Crippen LogP contribution >= 0.6 is 0 Å². The first-order chi connectivity index (χ1) is 13.5. The second-order valence-corrected chi connectivity index (χ2v) is 9.96. The van der Waals surface area contributed by atoms with Gasteiger partial charge in [0.25, 0.3) is 10.1 Å². The Balaban J connectivity index is 2.46. The number of rotatable bonds is 8. The zero-order valence-corrected chi connectivity index (χ0v) is 19.5. The van der Waals surface area contributed by atoms with Gasteiger partial charge in [-0.25, -0.2) is 0 Å². The lowest BCUT2D eigenvalue weighted by molar-refractivity contribution is -0.275. The zero-order chi connectivity index (χ0) is 22.0. The molecule has 0 aliphatic carbocycles. The number of benzene rings is 1. The van der Waals surface area contributed by atoms with Gasteiger partial charge in [0.15, 0.2) is 0 Å². The van der Waals surface area contributed by atoms with Crippen LogP contribution in [0.25, 0.3) is 0 Å². The van der Waals surface area contributed by atoms with Gasteiger partial charge in [0.1, 0.15) is 10.6 Å². The number of piperidine rings is 1. The van der Waals surface area contributed by atoms with Gasteiger partial charge in [-0.2, -0.15) is 13.5 Å². The number of aryl methyl sites for hydroxylation is 1. The maximum Gasteiger partial charge on any atom is 0.298 e. The van der Waals surface area contributed by atoms with Crippen LogP contribution in [0.2, 0.25) is 0 Å². The van der Waals surface area contributed by atoms with Gasteiger partial charge < -0.3 is 9.94 Å². The minimum absolute atomic E-state index is 0.177. The Bertz CT molecular complexity index is 791. The molecule has 0 bridgehead atoms. The molecule has 0 unspecified atom stereocenters. The van der Waals surface area contributed by atoms with Gasteiger partial charge in [0, 0.05) is 11.1 Å². The predicted octanol–water partition coefficient (Wildman–Crippen LogP) is 5.01. The van der Waals surface area contributed by atoms with Gasteiger partial charge in [0.2, 0.25) is 0 Å². The van der Waals surface area contributed by atoms with Gasteiger partial charge in [-0.3, -0.25) is 4.55 Å². The molecule has 0 atom stereocenters. The summed E-state index contributed by atoms with van der Waals surface area (Å²) in [5, 5.41) is 12.8. The largest absolute Gasteiger partial charge is 0.495 e.